The zero-order chi connectivity index (χ0) is 27.1. The number of para-hydroxylation sites is 2. The Morgan fingerprint density at radius 2 is 1.74 bits per heavy atom. The number of ether oxygens (including phenoxy) is 3. The molecule has 0 spiro atoms. The van der Waals surface area contributed by atoms with Gasteiger partial charge in [0.15, 0.2) is 11.5 Å². The van der Waals surface area contributed by atoms with Crippen LogP contribution in [0.3, 0.4) is 0 Å². The second-order valence-electron chi connectivity index (χ2n) is 8.54. The van der Waals surface area contributed by atoms with Crippen molar-refractivity contribution in [2.75, 3.05) is 25.6 Å². The fourth-order valence-corrected chi connectivity index (χ4v) is 3.81. The van der Waals surface area contributed by atoms with Crippen molar-refractivity contribution >= 4 is 29.6 Å². The molecule has 4 amide bonds. The van der Waals surface area contributed by atoms with Crippen molar-refractivity contribution in [2.24, 2.45) is 0 Å². The van der Waals surface area contributed by atoms with Crippen molar-refractivity contribution in [1.82, 2.24) is 10.2 Å². The first-order chi connectivity index (χ1) is 18.4. The number of hydrogen-bond acceptors (Lipinski definition) is 6. The van der Waals surface area contributed by atoms with Gasteiger partial charge < -0.3 is 24.8 Å². The molecule has 4 rings (SSSR count). The van der Waals surface area contributed by atoms with Crippen LogP contribution in [0.4, 0.5) is 10.5 Å². The van der Waals surface area contributed by atoms with Crippen molar-refractivity contribution in [2.45, 2.75) is 20.5 Å². The maximum atomic E-state index is 12.9. The molecular formula is C29H29N3O6. The second-order valence-corrected chi connectivity index (χ2v) is 8.54. The van der Waals surface area contributed by atoms with Gasteiger partial charge in [0.1, 0.15) is 24.6 Å². The van der Waals surface area contributed by atoms with E-state index in [1.54, 1.807) is 42.5 Å². The molecule has 1 fully saturated rings. The van der Waals surface area contributed by atoms with Crippen molar-refractivity contribution in [3.8, 4) is 17.2 Å². The molecule has 0 radical (unpaired) electrons. The molecule has 9 heteroatoms. The van der Waals surface area contributed by atoms with Crippen molar-refractivity contribution < 1.29 is 28.6 Å². The van der Waals surface area contributed by atoms with Crippen LogP contribution in [0.1, 0.15) is 23.6 Å². The lowest BCUT2D eigenvalue weighted by atomic mass is 10.1. The highest BCUT2D eigenvalue weighted by Gasteiger charge is 2.35. The van der Waals surface area contributed by atoms with Crippen LogP contribution in [0.5, 0.6) is 17.2 Å². The quantitative estimate of drug-likeness (QED) is 0.304. The Labute approximate surface area is 221 Å². The Morgan fingerprint density at radius 1 is 0.974 bits per heavy atom. The first-order valence-corrected chi connectivity index (χ1v) is 12.1. The summed E-state index contributed by atoms with van der Waals surface area (Å²) in [5.41, 5.74) is 3.32. The second kappa shape index (κ2) is 12.0. The van der Waals surface area contributed by atoms with Gasteiger partial charge in [-0.15, -0.1) is 0 Å². The van der Waals surface area contributed by atoms with E-state index in [1.807, 2.05) is 38.1 Å². The molecule has 0 bridgehead atoms. The molecule has 1 heterocycles. The topological polar surface area (TPSA) is 106 Å². The largest absolute Gasteiger partial charge is 0.495 e. The highest BCUT2D eigenvalue weighted by molar-refractivity contribution is 6.16. The highest BCUT2D eigenvalue weighted by Crippen LogP contribution is 2.30. The lowest BCUT2D eigenvalue weighted by molar-refractivity contribution is -0.127. The molecule has 0 aliphatic carbocycles. The normalized spacial score (nSPS) is 13.9. The average Bonchev–Trinajstić information content (AvgIpc) is 3.16. The molecule has 2 N–H and O–H groups in total. The van der Waals surface area contributed by atoms with E-state index >= 15 is 0 Å². The van der Waals surface area contributed by atoms with Gasteiger partial charge in [0, 0.05) is 0 Å². The van der Waals surface area contributed by atoms with E-state index in [2.05, 4.69) is 10.6 Å². The summed E-state index contributed by atoms with van der Waals surface area (Å²) in [7, 11) is 1.49. The van der Waals surface area contributed by atoms with E-state index < -0.39 is 24.4 Å². The predicted molar refractivity (Wildman–Crippen MR) is 143 cm³/mol. The summed E-state index contributed by atoms with van der Waals surface area (Å²) in [6.07, 6.45) is 1.53. The SMILES string of the molecule is CCOc1cc(/C=C2/NC(=O)N(CC(=O)Nc3ccccc3OC)C2=O)ccc1OCc1ccc(C)cc1. The number of aryl methyl sites for hydroxylation is 1. The molecule has 38 heavy (non-hydrogen) atoms. The van der Waals surface area contributed by atoms with E-state index in [-0.39, 0.29) is 5.70 Å². The van der Waals surface area contributed by atoms with Crippen molar-refractivity contribution in [3.05, 3.63) is 89.1 Å². The van der Waals surface area contributed by atoms with Gasteiger partial charge in [-0.25, -0.2) is 9.69 Å². The highest BCUT2D eigenvalue weighted by atomic mass is 16.5. The van der Waals surface area contributed by atoms with Gasteiger partial charge >= 0.3 is 6.03 Å². The predicted octanol–water partition coefficient (Wildman–Crippen LogP) is 4.51. The van der Waals surface area contributed by atoms with Crippen LogP contribution in [-0.4, -0.2) is 43.0 Å². The first-order valence-electron chi connectivity index (χ1n) is 12.1. The van der Waals surface area contributed by atoms with Gasteiger partial charge in [0.2, 0.25) is 5.91 Å². The van der Waals surface area contributed by atoms with Crippen LogP contribution in [-0.2, 0) is 16.2 Å². The fraction of sp³-hybridized carbons (Fsp3) is 0.207. The summed E-state index contributed by atoms with van der Waals surface area (Å²) in [5.74, 6) is 0.399. The summed E-state index contributed by atoms with van der Waals surface area (Å²) in [6.45, 7) is 4.24. The fourth-order valence-electron chi connectivity index (χ4n) is 3.81. The molecule has 0 unspecified atom stereocenters. The number of methoxy groups -OCH3 is 1. The van der Waals surface area contributed by atoms with E-state index in [1.165, 1.54) is 18.7 Å². The maximum Gasteiger partial charge on any atom is 0.329 e. The molecular weight excluding hydrogens is 486 g/mol. The minimum Gasteiger partial charge on any atom is -0.495 e. The molecule has 3 aromatic rings. The van der Waals surface area contributed by atoms with Crippen molar-refractivity contribution in [3.63, 3.8) is 0 Å². The number of benzene rings is 3. The summed E-state index contributed by atoms with van der Waals surface area (Å²) in [4.78, 5) is 38.8. The van der Waals surface area contributed by atoms with Gasteiger partial charge in [0.05, 0.1) is 19.4 Å². The molecule has 0 aromatic heterocycles. The van der Waals surface area contributed by atoms with E-state index in [9.17, 15) is 14.4 Å². The maximum absolute atomic E-state index is 12.9. The molecule has 3 aromatic carbocycles. The Morgan fingerprint density at radius 3 is 2.47 bits per heavy atom. The Bertz CT molecular complexity index is 1370. The Balaban J connectivity index is 1.44. The Hall–Kier alpha value is -4.79. The standard InChI is InChI=1S/C29H29N3O6/c1-4-37-26-16-21(13-14-25(26)38-18-20-11-9-19(2)10-12-20)15-23-28(34)32(29(35)31-23)17-27(33)30-22-7-5-6-8-24(22)36-3/h5-16H,4,17-18H2,1-3H3,(H,30,33)(H,31,35)/b23-15+. The number of nitrogens with one attached hydrogen (secondary N) is 2. The lowest BCUT2D eigenvalue weighted by Gasteiger charge is -2.14. The third-order valence-corrected chi connectivity index (χ3v) is 5.74. The van der Waals surface area contributed by atoms with Crippen LogP contribution in [0.2, 0.25) is 0 Å². The number of carbonyl (C=O) groups is 3. The molecule has 0 saturated carbocycles. The van der Waals surface area contributed by atoms with E-state index in [4.69, 9.17) is 14.2 Å². The number of amides is 4. The summed E-state index contributed by atoms with van der Waals surface area (Å²) in [6, 6.07) is 19.5. The molecule has 1 saturated heterocycles. The number of rotatable bonds is 10. The minimum atomic E-state index is -0.681. The van der Waals surface area contributed by atoms with Crippen LogP contribution < -0.4 is 24.8 Å². The van der Waals surface area contributed by atoms with Crippen molar-refractivity contribution in [1.29, 1.82) is 0 Å². The van der Waals surface area contributed by atoms with E-state index in [0.29, 0.717) is 41.7 Å². The van der Waals surface area contributed by atoms with Crippen LogP contribution >= 0.6 is 0 Å². The molecule has 196 valence electrons. The van der Waals surface area contributed by atoms with Crippen LogP contribution in [0.25, 0.3) is 6.08 Å². The molecule has 1 aliphatic rings. The third kappa shape index (κ3) is 6.31. The number of carbonyl (C=O) groups excluding carboxylic acids is 3. The lowest BCUT2D eigenvalue weighted by Crippen LogP contribution is -2.38. The minimum absolute atomic E-state index is 0.0517. The number of urea groups is 1. The third-order valence-electron chi connectivity index (χ3n) is 5.74. The zero-order valence-electron chi connectivity index (χ0n) is 21.4. The number of nitrogens with zero attached hydrogens (tertiary/aromatic N) is 1. The number of anilines is 1. The summed E-state index contributed by atoms with van der Waals surface area (Å²) in [5, 5.41) is 5.19. The summed E-state index contributed by atoms with van der Waals surface area (Å²) >= 11 is 0. The zero-order valence-corrected chi connectivity index (χ0v) is 21.4. The van der Waals surface area contributed by atoms with Crippen LogP contribution in [0.15, 0.2) is 72.4 Å². The monoisotopic (exact) mass is 515 g/mol. The summed E-state index contributed by atoms with van der Waals surface area (Å²) < 4.78 is 16.9. The first kappa shape index (κ1) is 26.3. The van der Waals surface area contributed by atoms with Gasteiger partial charge in [0.25, 0.3) is 5.91 Å². The molecule has 0 atom stereocenters. The van der Waals surface area contributed by atoms with Gasteiger partial charge in [-0.2, -0.15) is 0 Å². The van der Waals surface area contributed by atoms with Crippen LogP contribution in [0, 0.1) is 6.92 Å². The molecule has 9 nitrogen and oxygen atoms in total. The van der Waals surface area contributed by atoms with E-state index in [0.717, 1.165) is 10.5 Å². The van der Waals surface area contributed by atoms with Gasteiger partial charge in [-0.1, -0.05) is 48.0 Å². The average molecular weight is 516 g/mol. The van der Waals surface area contributed by atoms with Gasteiger partial charge in [-0.3, -0.25) is 9.59 Å². The van der Waals surface area contributed by atoms with Gasteiger partial charge in [-0.05, 0) is 55.3 Å². The number of imide groups is 1. The Kier molecular flexibility index (Phi) is 8.27. The molecule has 1 aliphatic heterocycles. The smallest absolute Gasteiger partial charge is 0.329 e. The number of hydrogen-bond donors (Lipinski definition) is 2.